The van der Waals surface area contributed by atoms with Crippen LogP contribution in [0.5, 0.6) is 0 Å². The zero-order chi connectivity index (χ0) is 15.8. The Morgan fingerprint density at radius 3 is 2.86 bits per heavy atom. The molecule has 0 fully saturated rings. The molecule has 0 spiro atoms. The second kappa shape index (κ2) is 8.37. The van der Waals surface area contributed by atoms with E-state index in [9.17, 15) is 14.3 Å². The third-order valence-electron chi connectivity index (χ3n) is 2.70. The van der Waals surface area contributed by atoms with Crippen molar-refractivity contribution in [2.45, 2.75) is 6.10 Å². The highest BCUT2D eigenvalue weighted by molar-refractivity contribution is 5.96. The van der Waals surface area contributed by atoms with Crippen LogP contribution in [0, 0.1) is 17.7 Å². The van der Waals surface area contributed by atoms with Gasteiger partial charge >= 0.3 is 0 Å². The van der Waals surface area contributed by atoms with Crippen LogP contribution in [0.1, 0.15) is 15.9 Å². The highest BCUT2D eigenvalue weighted by Gasteiger charge is 2.18. The van der Waals surface area contributed by atoms with Gasteiger partial charge in [0.15, 0.2) is 0 Å². The highest BCUT2D eigenvalue weighted by Crippen LogP contribution is 2.13. The number of hydrogen-bond donors (Lipinski definition) is 2. The molecule has 5 nitrogen and oxygen atoms in total. The van der Waals surface area contributed by atoms with Crippen LogP contribution in [0.4, 0.5) is 4.39 Å². The average molecular weight is 295 g/mol. The fourth-order valence-electron chi connectivity index (χ4n) is 1.79. The summed E-state index contributed by atoms with van der Waals surface area (Å²) in [6, 6.07) is 3.63. The Bertz CT molecular complexity index is 550. The topological polar surface area (TPSA) is 70.0 Å². The van der Waals surface area contributed by atoms with Gasteiger partial charge in [-0.05, 0) is 18.2 Å². The summed E-state index contributed by atoms with van der Waals surface area (Å²) in [5.74, 6) is 4.02. The van der Waals surface area contributed by atoms with E-state index in [1.165, 1.54) is 25.1 Å². The molecule has 1 amide bonds. The molecule has 1 rings (SSSR count). The van der Waals surface area contributed by atoms with Crippen molar-refractivity contribution < 1.29 is 24.1 Å². The summed E-state index contributed by atoms with van der Waals surface area (Å²) in [6.07, 6.45) is -0.809. The predicted molar refractivity (Wildman–Crippen MR) is 75.2 cm³/mol. The molecule has 0 saturated carbocycles. The molecule has 0 saturated heterocycles. The van der Waals surface area contributed by atoms with Crippen molar-refractivity contribution in [2.75, 3.05) is 33.9 Å². The molecular weight excluding hydrogens is 277 g/mol. The van der Waals surface area contributed by atoms with Crippen LogP contribution >= 0.6 is 0 Å². The number of nitrogens with zero attached hydrogens (tertiary/aromatic N) is 1. The number of amides is 1. The molecule has 0 bridgehead atoms. The van der Waals surface area contributed by atoms with Crippen LogP contribution in [0.25, 0.3) is 0 Å². The average Bonchev–Trinajstić information content (AvgIpc) is 2.44. The first-order chi connectivity index (χ1) is 9.99. The lowest BCUT2D eigenvalue weighted by molar-refractivity contribution is 0.0380. The van der Waals surface area contributed by atoms with Crippen LogP contribution in [0.3, 0.4) is 0 Å². The number of aliphatic hydroxyl groups excluding tert-OH is 2. The third kappa shape index (κ3) is 5.16. The first-order valence-corrected chi connectivity index (χ1v) is 6.31. The maximum absolute atomic E-state index is 13.2. The maximum atomic E-state index is 13.2. The van der Waals surface area contributed by atoms with E-state index in [-0.39, 0.29) is 30.9 Å². The number of halogens is 1. The number of likely N-dealkylation sites (N-methyl/N-ethyl adjacent to an activating group) is 1. The van der Waals surface area contributed by atoms with E-state index in [1.54, 1.807) is 0 Å². The monoisotopic (exact) mass is 295 g/mol. The molecule has 0 radical (unpaired) electrons. The van der Waals surface area contributed by atoms with E-state index < -0.39 is 17.8 Å². The number of carbonyl (C=O) groups is 1. The zero-order valence-corrected chi connectivity index (χ0v) is 12.0. The molecule has 0 aliphatic heterocycles. The lowest BCUT2D eigenvalue weighted by Gasteiger charge is -2.21. The third-order valence-corrected chi connectivity index (χ3v) is 2.70. The van der Waals surface area contributed by atoms with Crippen molar-refractivity contribution in [1.29, 1.82) is 0 Å². The molecule has 2 N–H and O–H groups in total. The van der Waals surface area contributed by atoms with E-state index >= 15 is 0 Å². The largest absolute Gasteiger partial charge is 0.389 e. The van der Waals surface area contributed by atoms with Gasteiger partial charge in [0.2, 0.25) is 0 Å². The first kappa shape index (κ1) is 17.1. The van der Waals surface area contributed by atoms with Crippen molar-refractivity contribution in [3.8, 4) is 11.8 Å². The van der Waals surface area contributed by atoms with E-state index in [1.807, 2.05) is 0 Å². The van der Waals surface area contributed by atoms with Crippen LogP contribution in [0.2, 0.25) is 0 Å². The Morgan fingerprint density at radius 2 is 2.24 bits per heavy atom. The van der Waals surface area contributed by atoms with Crippen molar-refractivity contribution in [1.82, 2.24) is 4.90 Å². The summed E-state index contributed by atoms with van der Waals surface area (Å²) in [4.78, 5) is 13.6. The van der Waals surface area contributed by atoms with E-state index in [0.717, 1.165) is 12.1 Å². The van der Waals surface area contributed by atoms with Gasteiger partial charge < -0.3 is 19.8 Å². The fraction of sp³-hybridized carbons (Fsp3) is 0.400. The van der Waals surface area contributed by atoms with Gasteiger partial charge in [0.05, 0.1) is 18.3 Å². The van der Waals surface area contributed by atoms with Crippen LogP contribution in [-0.4, -0.2) is 61.0 Å². The molecule has 1 atom stereocenters. The second-order valence-electron chi connectivity index (χ2n) is 4.44. The molecule has 1 unspecified atom stereocenters. The molecule has 21 heavy (non-hydrogen) atoms. The first-order valence-electron chi connectivity index (χ1n) is 6.31. The maximum Gasteiger partial charge on any atom is 0.254 e. The van der Waals surface area contributed by atoms with Crippen molar-refractivity contribution in [2.24, 2.45) is 0 Å². The molecule has 6 heteroatoms. The van der Waals surface area contributed by atoms with Gasteiger partial charge in [-0.15, -0.1) is 0 Å². The van der Waals surface area contributed by atoms with Gasteiger partial charge in [-0.3, -0.25) is 4.79 Å². The summed E-state index contributed by atoms with van der Waals surface area (Å²) >= 11 is 0. The standard InChI is InChI=1S/C15H18FNO4/c1-17(9-13(19)10-21-2)15(20)14-6-5-12(16)8-11(14)4-3-7-18/h5-6,8,13,18-19H,7,9-10H2,1-2H3. The number of rotatable bonds is 5. The minimum atomic E-state index is -0.809. The van der Waals surface area contributed by atoms with Gasteiger partial charge in [0.25, 0.3) is 5.91 Å². The lowest BCUT2D eigenvalue weighted by Crippen LogP contribution is -2.36. The molecule has 1 aromatic rings. The van der Waals surface area contributed by atoms with Gasteiger partial charge in [-0.25, -0.2) is 4.39 Å². The Labute approximate surface area is 123 Å². The molecule has 0 aliphatic carbocycles. The number of ether oxygens (including phenoxy) is 1. The van der Waals surface area contributed by atoms with E-state index in [2.05, 4.69) is 11.8 Å². The number of methoxy groups -OCH3 is 1. The SMILES string of the molecule is COCC(O)CN(C)C(=O)c1ccc(F)cc1C#CCO. The molecular formula is C15H18FNO4. The number of carbonyl (C=O) groups excluding carboxylic acids is 1. The van der Waals surface area contributed by atoms with Crippen molar-refractivity contribution in [3.05, 3.63) is 35.1 Å². The number of benzene rings is 1. The lowest BCUT2D eigenvalue weighted by atomic mass is 10.1. The van der Waals surface area contributed by atoms with Crippen LogP contribution in [0.15, 0.2) is 18.2 Å². The normalized spacial score (nSPS) is 11.5. The summed E-state index contributed by atoms with van der Waals surface area (Å²) in [6.45, 7) is -0.193. The minimum Gasteiger partial charge on any atom is -0.389 e. The highest BCUT2D eigenvalue weighted by atomic mass is 19.1. The van der Waals surface area contributed by atoms with Gasteiger partial charge in [0, 0.05) is 26.3 Å². The summed E-state index contributed by atoms with van der Waals surface area (Å²) < 4.78 is 18.0. The Balaban J connectivity index is 2.95. The zero-order valence-electron chi connectivity index (χ0n) is 12.0. The summed E-state index contributed by atoms with van der Waals surface area (Å²) in [7, 11) is 2.97. The molecule has 0 aromatic heterocycles. The molecule has 114 valence electrons. The van der Waals surface area contributed by atoms with Gasteiger partial charge in [-0.2, -0.15) is 0 Å². The Kier molecular flexibility index (Phi) is 6.82. The second-order valence-corrected chi connectivity index (χ2v) is 4.44. The molecule has 0 aliphatic rings. The summed E-state index contributed by atoms with van der Waals surface area (Å²) in [5.41, 5.74) is 0.409. The molecule has 1 aromatic carbocycles. The Morgan fingerprint density at radius 1 is 1.52 bits per heavy atom. The fourth-order valence-corrected chi connectivity index (χ4v) is 1.79. The van der Waals surface area contributed by atoms with Crippen molar-refractivity contribution >= 4 is 5.91 Å². The molecule has 0 heterocycles. The smallest absolute Gasteiger partial charge is 0.254 e. The van der Waals surface area contributed by atoms with E-state index in [0.29, 0.717) is 0 Å². The predicted octanol–water partition coefficient (Wildman–Crippen LogP) is 0.249. The quantitative estimate of drug-likeness (QED) is 0.764. The Hall–Kier alpha value is -1.94. The van der Waals surface area contributed by atoms with Gasteiger partial charge in [0.1, 0.15) is 12.4 Å². The number of aliphatic hydroxyl groups is 2. The minimum absolute atomic E-state index is 0.0803. The summed E-state index contributed by atoms with van der Waals surface area (Å²) in [5, 5.41) is 18.3. The van der Waals surface area contributed by atoms with Crippen LogP contribution < -0.4 is 0 Å². The van der Waals surface area contributed by atoms with Gasteiger partial charge in [-0.1, -0.05) is 11.8 Å². The van der Waals surface area contributed by atoms with E-state index in [4.69, 9.17) is 9.84 Å². The van der Waals surface area contributed by atoms with Crippen molar-refractivity contribution in [3.63, 3.8) is 0 Å². The number of hydrogen-bond acceptors (Lipinski definition) is 4. The van der Waals surface area contributed by atoms with Crippen LogP contribution in [-0.2, 0) is 4.74 Å².